The van der Waals surface area contributed by atoms with E-state index in [9.17, 15) is 9.59 Å². The summed E-state index contributed by atoms with van der Waals surface area (Å²) in [6.07, 6.45) is 14.2. The van der Waals surface area contributed by atoms with Crippen LogP contribution in [-0.4, -0.2) is 34.7 Å². The minimum absolute atomic E-state index is 0.191. The lowest BCUT2D eigenvalue weighted by Gasteiger charge is -2.62. The maximum atomic E-state index is 12.5. The first-order chi connectivity index (χ1) is 15.3. The monoisotopic (exact) mass is 436 g/mol. The van der Waals surface area contributed by atoms with Gasteiger partial charge in [0.1, 0.15) is 5.69 Å². The van der Waals surface area contributed by atoms with Crippen molar-refractivity contribution in [1.29, 1.82) is 0 Å². The molecule has 1 saturated heterocycles. The molecule has 0 radical (unpaired) electrons. The highest BCUT2D eigenvalue weighted by Gasteiger charge is 2.60. The first kappa shape index (κ1) is 22.1. The Balaban J connectivity index is 1.24. The van der Waals surface area contributed by atoms with Crippen molar-refractivity contribution in [1.82, 2.24) is 9.88 Å². The van der Waals surface area contributed by atoms with Crippen LogP contribution in [0.1, 0.15) is 95.0 Å². The van der Waals surface area contributed by atoms with Crippen molar-refractivity contribution in [2.45, 2.75) is 90.5 Å². The summed E-state index contributed by atoms with van der Waals surface area (Å²) in [5.74, 6) is 3.74. The van der Waals surface area contributed by atoms with Gasteiger partial charge in [-0.25, -0.2) is 0 Å². The average Bonchev–Trinajstić information content (AvgIpc) is 3.13. The minimum atomic E-state index is 0.191. The highest BCUT2D eigenvalue weighted by molar-refractivity contribution is 5.94. The summed E-state index contributed by atoms with van der Waals surface area (Å²) in [6.45, 7) is 5.09. The van der Waals surface area contributed by atoms with Crippen LogP contribution >= 0.6 is 0 Å². The molecule has 1 aliphatic heterocycles. The molecule has 4 nitrogen and oxygen atoms in total. The van der Waals surface area contributed by atoms with Crippen molar-refractivity contribution < 1.29 is 9.59 Å². The first-order valence-electron chi connectivity index (χ1n) is 13.0. The van der Waals surface area contributed by atoms with Crippen LogP contribution in [0.5, 0.6) is 0 Å². The van der Waals surface area contributed by atoms with Gasteiger partial charge in [-0.3, -0.25) is 14.6 Å². The normalized spacial score (nSPS) is 41.0. The predicted octanol–water partition coefficient (Wildman–Crippen LogP) is 5.91. The van der Waals surface area contributed by atoms with E-state index in [1.807, 2.05) is 18.2 Å². The van der Waals surface area contributed by atoms with E-state index in [4.69, 9.17) is 0 Å². The standard InChI is InChI=1S/C28H40N2O2/c1-27-16-14-22-20(11-13-25-28(22,2)17-15-26(32)30(25)3)21(27)12-10-19(27)7-6-9-24(31)23-8-4-5-18-29-23/h4-5,8,18-22,25H,6-7,9-17H2,1-3H3/t19-,20-,21-,22-,25+,27+,28+/m0/s1. The van der Waals surface area contributed by atoms with Crippen LogP contribution < -0.4 is 0 Å². The van der Waals surface area contributed by atoms with Crippen LogP contribution in [-0.2, 0) is 4.79 Å². The molecule has 0 aromatic carbocycles. The fourth-order valence-corrected chi connectivity index (χ4v) is 8.90. The number of hydrogen-bond acceptors (Lipinski definition) is 3. The molecule has 4 fully saturated rings. The molecular weight excluding hydrogens is 396 g/mol. The molecule has 0 spiro atoms. The molecule has 1 amide bonds. The molecule has 3 saturated carbocycles. The van der Waals surface area contributed by atoms with Crippen LogP contribution in [0.3, 0.4) is 0 Å². The van der Waals surface area contributed by atoms with Gasteiger partial charge in [-0.15, -0.1) is 0 Å². The van der Waals surface area contributed by atoms with Gasteiger partial charge in [-0.1, -0.05) is 19.9 Å². The van der Waals surface area contributed by atoms with Gasteiger partial charge in [0.05, 0.1) is 0 Å². The Morgan fingerprint density at radius 1 is 1.06 bits per heavy atom. The second kappa shape index (κ2) is 8.25. The third-order valence-corrected chi connectivity index (χ3v) is 10.7. The molecule has 32 heavy (non-hydrogen) atoms. The van der Waals surface area contributed by atoms with E-state index in [1.165, 1.54) is 44.9 Å². The summed E-state index contributed by atoms with van der Waals surface area (Å²) in [7, 11) is 2.05. The van der Waals surface area contributed by atoms with Crippen LogP contribution in [0.2, 0.25) is 0 Å². The molecule has 3 aliphatic carbocycles. The number of fused-ring (bicyclic) bond motifs is 5. The summed E-state index contributed by atoms with van der Waals surface area (Å²) >= 11 is 0. The number of carbonyl (C=O) groups is 2. The van der Waals surface area contributed by atoms with Crippen molar-refractivity contribution in [3.8, 4) is 0 Å². The van der Waals surface area contributed by atoms with Gasteiger partial charge in [0.15, 0.2) is 5.78 Å². The largest absolute Gasteiger partial charge is 0.342 e. The molecule has 1 aromatic heterocycles. The van der Waals surface area contributed by atoms with Gasteiger partial charge in [-0.2, -0.15) is 0 Å². The van der Waals surface area contributed by atoms with E-state index in [0.717, 1.165) is 42.9 Å². The molecule has 0 N–H and O–H groups in total. The number of aromatic nitrogens is 1. The number of likely N-dealkylation sites (tertiary alicyclic amines) is 1. The number of hydrogen-bond donors (Lipinski definition) is 0. The highest BCUT2D eigenvalue weighted by atomic mass is 16.2. The van der Waals surface area contributed by atoms with Crippen LogP contribution in [0, 0.1) is 34.5 Å². The lowest BCUT2D eigenvalue weighted by Crippen LogP contribution is -2.61. The van der Waals surface area contributed by atoms with E-state index in [-0.39, 0.29) is 5.78 Å². The second-order valence-corrected chi connectivity index (χ2v) is 11.8. The van der Waals surface area contributed by atoms with E-state index < -0.39 is 0 Å². The predicted molar refractivity (Wildman–Crippen MR) is 126 cm³/mol. The summed E-state index contributed by atoms with van der Waals surface area (Å²) in [5.41, 5.74) is 1.36. The van der Waals surface area contributed by atoms with E-state index in [1.54, 1.807) is 6.20 Å². The van der Waals surface area contributed by atoms with Gasteiger partial charge in [0.25, 0.3) is 0 Å². The van der Waals surface area contributed by atoms with Crippen LogP contribution in [0.4, 0.5) is 0 Å². The number of carbonyl (C=O) groups excluding carboxylic acids is 2. The van der Waals surface area contributed by atoms with Gasteiger partial charge in [-0.05, 0) is 104 Å². The maximum Gasteiger partial charge on any atom is 0.222 e. The van der Waals surface area contributed by atoms with Crippen molar-refractivity contribution in [3.05, 3.63) is 30.1 Å². The van der Waals surface area contributed by atoms with Gasteiger partial charge >= 0.3 is 0 Å². The van der Waals surface area contributed by atoms with Crippen molar-refractivity contribution in [2.24, 2.45) is 34.5 Å². The molecule has 4 aliphatic rings. The molecule has 4 heteroatoms. The van der Waals surface area contributed by atoms with Crippen LogP contribution in [0.25, 0.3) is 0 Å². The fourth-order valence-electron chi connectivity index (χ4n) is 8.90. The summed E-state index contributed by atoms with van der Waals surface area (Å²) < 4.78 is 0. The molecule has 5 rings (SSSR count). The lowest BCUT2D eigenvalue weighted by atomic mass is 9.46. The zero-order valence-electron chi connectivity index (χ0n) is 20.2. The fraction of sp³-hybridized carbons (Fsp3) is 0.750. The van der Waals surface area contributed by atoms with Crippen LogP contribution in [0.15, 0.2) is 24.4 Å². The molecule has 174 valence electrons. The Morgan fingerprint density at radius 2 is 1.88 bits per heavy atom. The number of amides is 1. The van der Waals surface area contributed by atoms with Gasteiger partial charge < -0.3 is 4.90 Å². The Morgan fingerprint density at radius 3 is 2.66 bits per heavy atom. The third kappa shape index (κ3) is 3.44. The number of nitrogens with zero attached hydrogens (tertiary/aromatic N) is 2. The Kier molecular flexibility index (Phi) is 5.70. The Hall–Kier alpha value is -1.71. The van der Waals surface area contributed by atoms with E-state index in [2.05, 4.69) is 30.8 Å². The summed E-state index contributed by atoms with van der Waals surface area (Å²) in [5, 5.41) is 0. The van der Waals surface area contributed by atoms with Crippen molar-refractivity contribution in [3.63, 3.8) is 0 Å². The Bertz CT molecular complexity index is 869. The number of Topliss-reactive ketones (excluding diaryl/α,β-unsaturated/α-hetero) is 1. The third-order valence-electron chi connectivity index (χ3n) is 10.7. The molecule has 0 unspecified atom stereocenters. The second-order valence-electron chi connectivity index (χ2n) is 11.8. The number of pyridine rings is 1. The molecule has 1 aromatic rings. The molecular formula is C28H40N2O2. The first-order valence-corrected chi connectivity index (χ1v) is 13.0. The van der Waals surface area contributed by atoms with Gasteiger partial charge in [0, 0.05) is 32.1 Å². The zero-order chi connectivity index (χ0) is 22.5. The molecule has 0 bridgehead atoms. The zero-order valence-corrected chi connectivity index (χ0v) is 20.2. The lowest BCUT2D eigenvalue weighted by molar-refractivity contribution is -0.158. The maximum absolute atomic E-state index is 12.5. The highest BCUT2D eigenvalue weighted by Crippen LogP contribution is 2.66. The SMILES string of the molecule is CN1C(=O)CC[C@]2(C)[C@H]3CC[C@]4(C)[C@@H](CCCC(=O)c5ccccn5)CC[C@H]4[C@@H]3CC[C@@H]12. The minimum Gasteiger partial charge on any atom is -0.342 e. The van der Waals surface area contributed by atoms with E-state index in [0.29, 0.717) is 34.9 Å². The topological polar surface area (TPSA) is 50.3 Å². The summed E-state index contributed by atoms with van der Waals surface area (Å²) in [6, 6.07) is 6.05. The molecule has 7 atom stereocenters. The average molecular weight is 437 g/mol. The summed E-state index contributed by atoms with van der Waals surface area (Å²) in [4.78, 5) is 31.2. The molecule has 2 heterocycles. The quantitative estimate of drug-likeness (QED) is 0.539. The van der Waals surface area contributed by atoms with Crippen molar-refractivity contribution in [2.75, 3.05) is 7.05 Å². The van der Waals surface area contributed by atoms with Gasteiger partial charge in [0.2, 0.25) is 5.91 Å². The Labute approximate surface area is 193 Å². The number of rotatable bonds is 5. The van der Waals surface area contributed by atoms with E-state index >= 15 is 0 Å². The smallest absolute Gasteiger partial charge is 0.222 e. The number of piperidine rings is 1. The number of ketones is 1. The van der Waals surface area contributed by atoms with Crippen molar-refractivity contribution >= 4 is 11.7 Å².